The van der Waals surface area contributed by atoms with Gasteiger partial charge in [0.1, 0.15) is 0 Å². The average molecular weight is 258 g/mol. The van der Waals surface area contributed by atoms with Crippen LogP contribution >= 0.6 is 12.2 Å². The molecular formula is C12H22N2O2S. The van der Waals surface area contributed by atoms with Crippen molar-refractivity contribution in [3.8, 4) is 0 Å². The maximum Gasteiger partial charge on any atom is 0.233 e. The predicted octanol–water partition coefficient (Wildman–Crippen LogP) is 1.37. The number of ether oxygens (including phenoxy) is 1. The van der Waals surface area contributed by atoms with Crippen molar-refractivity contribution in [2.24, 2.45) is 11.1 Å². The van der Waals surface area contributed by atoms with Crippen LogP contribution in [0, 0.1) is 5.41 Å². The maximum absolute atomic E-state index is 12.3. The van der Waals surface area contributed by atoms with Crippen molar-refractivity contribution < 1.29 is 9.53 Å². The Balaban J connectivity index is 2.70. The topological polar surface area (TPSA) is 64.3 Å². The molecule has 1 amide bonds. The van der Waals surface area contributed by atoms with Gasteiger partial charge in [0.25, 0.3) is 0 Å². The summed E-state index contributed by atoms with van der Waals surface area (Å²) in [5.41, 5.74) is 5.16. The van der Waals surface area contributed by atoms with Crippen LogP contribution in [-0.4, -0.2) is 30.7 Å². The summed E-state index contributed by atoms with van der Waals surface area (Å²) in [7, 11) is 1.62. The fraction of sp³-hybridized carbons (Fsp3) is 0.833. The van der Waals surface area contributed by atoms with E-state index in [9.17, 15) is 4.79 Å². The Labute approximate surface area is 108 Å². The van der Waals surface area contributed by atoms with E-state index < -0.39 is 5.41 Å². The molecule has 0 aliphatic heterocycles. The second-order valence-corrected chi connectivity index (χ2v) is 5.28. The summed E-state index contributed by atoms with van der Waals surface area (Å²) in [6, 6.07) is -0.0133. The van der Waals surface area contributed by atoms with Crippen molar-refractivity contribution in [3.05, 3.63) is 0 Å². The standard InChI is InChI=1S/C12H22N2O2S/c1-9(8-16-2)14-11(15)12(10(13)17)6-4-3-5-7-12/h9H,3-8H2,1-2H3,(H2,13,17)(H,14,15). The second-order valence-electron chi connectivity index (χ2n) is 4.84. The summed E-state index contributed by atoms with van der Waals surface area (Å²) < 4.78 is 5.01. The number of hydrogen-bond acceptors (Lipinski definition) is 3. The zero-order chi connectivity index (χ0) is 12.9. The minimum atomic E-state index is -0.629. The normalized spacial score (nSPS) is 20.6. The van der Waals surface area contributed by atoms with Gasteiger partial charge in [0.15, 0.2) is 0 Å². The van der Waals surface area contributed by atoms with E-state index in [0.717, 1.165) is 32.1 Å². The zero-order valence-corrected chi connectivity index (χ0v) is 11.4. The number of rotatable bonds is 5. The Morgan fingerprint density at radius 2 is 2.06 bits per heavy atom. The molecule has 0 spiro atoms. The summed E-state index contributed by atoms with van der Waals surface area (Å²) >= 11 is 5.11. The Morgan fingerprint density at radius 1 is 1.47 bits per heavy atom. The highest BCUT2D eigenvalue weighted by molar-refractivity contribution is 7.80. The number of carbonyl (C=O) groups excluding carboxylic acids is 1. The molecule has 0 aromatic rings. The van der Waals surface area contributed by atoms with Crippen LogP contribution in [-0.2, 0) is 9.53 Å². The molecule has 0 aromatic heterocycles. The summed E-state index contributed by atoms with van der Waals surface area (Å²) in [5, 5.41) is 2.94. The van der Waals surface area contributed by atoms with Gasteiger partial charge in [-0.25, -0.2) is 0 Å². The Kier molecular flexibility index (Phi) is 5.33. The molecular weight excluding hydrogens is 236 g/mol. The van der Waals surface area contributed by atoms with Crippen LogP contribution in [0.3, 0.4) is 0 Å². The van der Waals surface area contributed by atoms with Crippen molar-refractivity contribution in [2.45, 2.75) is 45.1 Å². The maximum atomic E-state index is 12.3. The van der Waals surface area contributed by atoms with Gasteiger partial charge in [0.05, 0.1) is 17.0 Å². The van der Waals surface area contributed by atoms with Gasteiger partial charge < -0.3 is 15.8 Å². The molecule has 0 aromatic carbocycles. The van der Waals surface area contributed by atoms with Gasteiger partial charge in [-0.1, -0.05) is 31.5 Å². The van der Waals surface area contributed by atoms with E-state index in [1.807, 2.05) is 6.92 Å². The molecule has 1 saturated carbocycles. The number of methoxy groups -OCH3 is 1. The van der Waals surface area contributed by atoms with Crippen LogP contribution in [0.15, 0.2) is 0 Å². The number of carbonyl (C=O) groups is 1. The summed E-state index contributed by atoms with van der Waals surface area (Å²) in [6.07, 6.45) is 4.74. The number of nitrogens with two attached hydrogens (primary N) is 1. The highest BCUT2D eigenvalue weighted by atomic mass is 32.1. The predicted molar refractivity (Wildman–Crippen MR) is 71.8 cm³/mol. The molecule has 3 N–H and O–H groups in total. The molecule has 0 radical (unpaired) electrons. The molecule has 1 aliphatic rings. The van der Waals surface area contributed by atoms with Crippen LogP contribution in [0.25, 0.3) is 0 Å². The van der Waals surface area contributed by atoms with Crippen molar-refractivity contribution in [1.82, 2.24) is 5.32 Å². The molecule has 1 atom stereocenters. The average Bonchev–Trinajstić information content (AvgIpc) is 2.29. The highest BCUT2D eigenvalue weighted by Crippen LogP contribution is 2.37. The minimum absolute atomic E-state index is 0.0133. The molecule has 0 bridgehead atoms. The lowest BCUT2D eigenvalue weighted by Crippen LogP contribution is -2.52. The Hall–Kier alpha value is -0.680. The van der Waals surface area contributed by atoms with Gasteiger partial charge in [0.2, 0.25) is 5.91 Å². The van der Waals surface area contributed by atoms with Crippen molar-refractivity contribution in [1.29, 1.82) is 0 Å². The van der Waals surface area contributed by atoms with Crippen molar-refractivity contribution in [3.63, 3.8) is 0 Å². The molecule has 4 nitrogen and oxygen atoms in total. The van der Waals surface area contributed by atoms with E-state index in [0.29, 0.717) is 11.6 Å². The van der Waals surface area contributed by atoms with Crippen LogP contribution in [0.5, 0.6) is 0 Å². The third-order valence-corrected chi connectivity index (χ3v) is 3.80. The van der Waals surface area contributed by atoms with Crippen LogP contribution in [0.4, 0.5) is 0 Å². The summed E-state index contributed by atoms with van der Waals surface area (Å²) in [4.78, 5) is 12.6. The number of amides is 1. The highest BCUT2D eigenvalue weighted by Gasteiger charge is 2.42. The molecule has 5 heteroatoms. The van der Waals surface area contributed by atoms with Crippen molar-refractivity contribution in [2.75, 3.05) is 13.7 Å². The molecule has 1 fully saturated rings. The summed E-state index contributed by atoms with van der Waals surface area (Å²) in [6.45, 7) is 2.41. The molecule has 0 saturated heterocycles. The lowest BCUT2D eigenvalue weighted by molar-refractivity contribution is -0.129. The quantitative estimate of drug-likeness (QED) is 0.731. The van der Waals surface area contributed by atoms with Gasteiger partial charge in [-0.3, -0.25) is 4.79 Å². The fourth-order valence-corrected chi connectivity index (χ4v) is 2.69. The van der Waals surface area contributed by atoms with E-state index in [1.165, 1.54) is 0 Å². The van der Waals surface area contributed by atoms with E-state index in [-0.39, 0.29) is 11.9 Å². The largest absolute Gasteiger partial charge is 0.392 e. The number of thiocarbonyl (C=S) groups is 1. The first-order valence-electron chi connectivity index (χ1n) is 6.13. The van der Waals surface area contributed by atoms with Crippen LogP contribution in [0.1, 0.15) is 39.0 Å². The van der Waals surface area contributed by atoms with Crippen LogP contribution in [0.2, 0.25) is 0 Å². The van der Waals surface area contributed by atoms with Gasteiger partial charge in [-0.05, 0) is 19.8 Å². The molecule has 1 aliphatic carbocycles. The van der Waals surface area contributed by atoms with Gasteiger partial charge in [0, 0.05) is 13.2 Å². The van der Waals surface area contributed by atoms with Gasteiger partial charge in [-0.15, -0.1) is 0 Å². The SMILES string of the molecule is COCC(C)NC(=O)C1(C(N)=S)CCCCC1. The Morgan fingerprint density at radius 3 is 2.53 bits per heavy atom. The first kappa shape index (κ1) is 14.4. The molecule has 1 rings (SSSR count). The minimum Gasteiger partial charge on any atom is -0.392 e. The molecule has 1 unspecified atom stereocenters. The fourth-order valence-electron chi connectivity index (χ4n) is 2.39. The molecule has 17 heavy (non-hydrogen) atoms. The van der Waals surface area contributed by atoms with E-state index >= 15 is 0 Å². The zero-order valence-electron chi connectivity index (χ0n) is 10.6. The number of hydrogen-bond donors (Lipinski definition) is 2. The van der Waals surface area contributed by atoms with E-state index in [1.54, 1.807) is 7.11 Å². The number of nitrogens with one attached hydrogen (secondary N) is 1. The van der Waals surface area contributed by atoms with Crippen molar-refractivity contribution >= 4 is 23.1 Å². The third-order valence-electron chi connectivity index (χ3n) is 3.41. The second kappa shape index (κ2) is 6.31. The lowest BCUT2D eigenvalue weighted by atomic mass is 9.73. The monoisotopic (exact) mass is 258 g/mol. The third kappa shape index (κ3) is 3.39. The van der Waals surface area contributed by atoms with Gasteiger partial charge in [-0.2, -0.15) is 0 Å². The Bertz CT molecular complexity index is 288. The smallest absolute Gasteiger partial charge is 0.233 e. The van der Waals surface area contributed by atoms with E-state index in [2.05, 4.69) is 5.32 Å². The molecule has 98 valence electrons. The summed E-state index contributed by atoms with van der Waals surface area (Å²) in [5.74, 6) is -0.0331. The first-order valence-corrected chi connectivity index (χ1v) is 6.53. The molecule has 0 heterocycles. The van der Waals surface area contributed by atoms with Crippen LogP contribution < -0.4 is 11.1 Å². The first-order chi connectivity index (χ1) is 8.03. The lowest BCUT2D eigenvalue weighted by Gasteiger charge is -2.35. The van der Waals surface area contributed by atoms with E-state index in [4.69, 9.17) is 22.7 Å². The van der Waals surface area contributed by atoms with Gasteiger partial charge >= 0.3 is 0 Å².